The maximum atomic E-state index is 13.2. The Morgan fingerprint density at radius 3 is 2.72 bits per heavy atom. The zero-order valence-electron chi connectivity index (χ0n) is 9.04. The van der Waals surface area contributed by atoms with Crippen LogP contribution in [0.1, 0.15) is 10.5 Å². The fourth-order valence-corrected chi connectivity index (χ4v) is 1.60. The van der Waals surface area contributed by atoms with Crippen LogP contribution in [-0.4, -0.2) is 10.9 Å². The molecule has 0 bridgehead atoms. The molecule has 0 radical (unpaired) electrons. The number of H-pyrrole nitrogens is 1. The summed E-state index contributed by atoms with van der Waals surface area (Å²) in [4.78, 5) is 25.2. The van der Waals surface area contributed by atoms with Crippen molar-refractivity contribution < 1.29 is 9.18 Å². The van der Waals surface area contributed by atoms with Crippen molar-refractivity contribution in [3.05, 3.63) is 62.7 Å². The Morgan fingerprint density at radius 2 is 2.06 bits per heavy atom. The minimum atomic E-state index is -0.505. The summed E-state index contributed by atoms with van der Waals surface area (Å²) in [6, 6.07) is 8.45. The van der Waals surface area contributed by atoms with E-state index in [0.717, 1.165) is 0 Å². The molecule has 4 nitrogen and oxygen atoms in total. The van der Waals surface area contributed by atoms with Crippen LogP contribution in [0.15, 0.2) is 45.7 Å². The number of anilines is 1. The average molecular weight is 311 g/mol. The molecule has 0 aliphatic heterocycles. The van der Waals surface area contributed by atoms with Gasteiger partial charge in [-0.1, -0.05) is 6.07 Å². The Hall–Kier alpha value is -1.95. The predicted octanol–water partition coefficient (Wildman–Crippen LogP) is 2.53. The number of nitrogens with one attached hydrogen (secondary N) is 2. The highest BCUT2D eigenvalue weighted by Crippen LogP contribution is 2.19. The lowest BCUT2D eigenvalue weighted by atomic mass is 10.3. The molecular weight excluding hydrogens is 303 g/mol. The molecule has 1 amide bonds. The molecule has 92 valence electrons. The van der Waals surface area contributed by atoms with Gasteiger partial charge in [0.1, 0.15) is 11.5 Å². The number of hydrogen-bond donors (Lipinski definition) is 2. The van der Waals surface area contributed by atoms with Gasteiger partial charge in [-0.15, -0.1) is 0 Å². The molecule has 2 aromatic rings. The van der Waals surface area contributed by atoms with E-state index in [-0.39, 0.29) is 11.3 Å². The number of rotatable bonds is 2. The van der Waals surface area contributed by atoms with E-state index in [9.17, 15) is 14.0 Å². The second kappa shape index (κ2) is 5.14. The van der Waals surface area contributed by atoms with E-state index in [0.29, 0.717) is 10.2 Å². The van der Waals surface area contributed by atoms with Crippen LogP contribution in [-0.2, 0) is 0 Å². The molecule has 18 heavy (non-hydrogen) atoms. The largest absolute Gasteiger partial charge is 0.321 e. The van der Waals surface area contributed by atoms with Crippen LogP contribution in [0.2, 0.25) is 0 Å². The summed E-state index contributed by atoms with van der Waals surface area (Å²) < 4.78 is 13.6. The van der Waals surface area contributed by atoms with Gasteiger partial charge in [-0.2, -0.15) is 0 Å². The monoisotopic (exact) mass is 310 g/mol. The van der Waals surface area contributed by atoms with Crippen LogP contribution in [0.4, 0.5) is 10.1 Å². The topological polar surface area (TPSA) is 62.0 Å². The molecule has 2 rings (SSSR count). The number of halogens is 2. The molecule has 0 unspecified atom stereocenters. The number of aromatic nitrogens is 1. The van der Waals surface area contributed by atoms with Gasteiger partial charge in [0, 0.05) is 11.8 Å². The first-order valence-corrected chi connectivity index (χ1v) is 5.81. The Morgan fingerprint density at radius 1 is 1.28 bits per heavy atom. The smallest absolute Gasteiger partial charge is 0.272 e. The fraction of sp³-hybridized carbons (Fsp3) is 0. The number of pyridine rings is 1. The van der Waals surface area contributed by atoms with Gasteiger partial charge in [-0.25, -0.2) is 4.39 Å². The minimum absolute atomic E-state index is 0.117. The molecule has 0 saturated carbocycles. The van der Waals surface area contributed by atoms with Crippen LogP contribution in [0, 0.1) is 5.82 Å². The highest BCUT2D eigenvalue weighted by atomic mass is 79.9. The van der Waals surface area contributed by atoms with Crippen LogP contribution >= 0.6 is 15.9 Å². The van der Waals surface area contributed by atoms with E-state index in [1.165, 1.54) is 30.3 Å². The first kappa shape index (κ1) is 12.5. The molecule has 0 aliphatic carbocycles. The molecular formula is C12H8BrFN2O2. The van der Waals surface area contributed by atoms with Gasteiger partial charge in [0.05, 0.1) is 4.47 Å². The van der Waals surface area contributed by atoms with Gasteiger partial charge in [0.15, 0.2) is 0 Å². The maximum Gasteiger partial charge on any atom is 0.272 e. The maximum absolute atomic E-state index is 13.2. The lowest BCUT2D eigenvalue weighted by Gasteiger charge is -2.05. The zero-order valence-corrected chi connectivity index (χ0v) is 10.6. The molecule has 2 N–H and O–H groups in total. The van der Waals surface area contributed by atoms with Gasteiger partial charge in [0.2, 0.25) is 5.56 Å². The summed E-state index contributed by atoms with van der Waals surface area (Å²) in [6.07, 6.45) is 0. The Balaban J connectivity index is 2.21. The molecule has 1 aromatic heterocycles. The van der Waals surface area contributed by atoms with E-state index in [4.69, 9.17) is 0 Å². The summed E-state index contributed by atoms with van der Waals surface area (Å²) in [6.45, 7) is 0. The zero-order chi connectivity index (χ0) is 13.1. The number of amides is 1. The number of carbonyl (C=O) groups is 1. The second-order valence-electron chi connectivity index (χ2n) is 3.51. The second-order valence-corrected chi connectivity index (χ2v) is 4.37. The van der Waals surface area contributed by atoms with E-state index in [1.54, 1.807) is 6.07 Å². The molecule has 0 saturated heterocycles. The summed E-state index contributed by atoms with van der Waals surface area (Å²) >= 11 is 3.01. The summed E-state index contributed by atoms with van der Waals surface area (Å²) in [5.41, 5.74) is 0.0564. The number of benzene rings is 1. The summed E-state index contributed by atoms with van der Waals surface area (Å²) in [5, 5.41) is 2.48. The van der Waals surface area contributed by atoms with Crippen molar-refractivity contribution in [1.82, 2.24) is 4.98 Å². The van der Waals surface area contributed by atoms with E-state index in [1.807, 2.05) is 0 Å². The quantitative estimate of drug-likeness (QED) is 0.895. The first-order chi connectivity index (χ1) is 8.56. The fourth-order valence-electron chi connectivity index (χ4n) is 1.35. The van der Waals surface area contributed by atoms with Crippen molar-refractivity contribution in [3.8, 4) is 0 Å². The minimum Gasteiger partial charge on any atom is -0.321 e. The van der Waals surface area contributed by atoms with Crippen LogP contribution in [0.3, 0.4) is 0 Å². The van der Waals surface area contributed by atoms with Gasteiger partial charge >= 0.3 is 0 Å². The van der Waals surface area contributed by atoms with Crippen LogP contribution in [0.5, 0.6) is 0 Å². The van der Waals surface area contributed by atoms with Crippen molar-refractivity contribution in [2.45, 2.75) is 0 Å². The molecule has 1 aromatic carbocycles. The summed E-state index contributed by atoms with van der Waals surface area (Å²) in [7, 11) is 0. The van der Waals surface area contributed by atoms with Crippen molar-refractivity contribution in [1.29, 1.82) is 0 Å². The highest BCUT2D eigenvalue weighted by Gasteiger charge is 2.08. The number of hydrogen-bond acceptors (Lipinski definition) is 2. The van der Waals surface area contributed by atoms with Gasteiger partial charge in [0.25, 0.3) is 5.91 Å². The lowest BCUT2D eigenvalue weighted by Crippen LogP contribution is -2.17. The molecule has 1 heterocycles. The Labute approximate surface area is 110 Å². The van der Waals surface area contributed by atoms with Crippen molar-refractivity contribution >= 4 is 27.5 Å². The average Bonchev–Trinajstić information content (AvgIpc) is 2.34. The predicted molar refractivity (Wildman–Crippen MR) is 69.1 cm³/mol. The van der Waals surface area contributed by atoms with E-state index in [2.05, 4.69) is 26.2 Å². The van der Waals surface area contributed by atoms with Crippen molar-refractivity contribution in [3.63, 3.8) is 0 Å². The Bertz CT molecular complexity index is 655. The van der Waals surface area contributed by atoms with Gasteiger partial charge < -0.3 is 10.3 Å². The SMILES string of the molecule is O=C(Nc1ccc(Br)c(F)c1)c1cccc(=O)[nH]1. The van der Waals surface area contributed by atoms with Gasteiger partial charge in [-0.05, 0) is 40.2 Å². The van der Waals surface area contributed by atoms with Crippen molar-refractivity contribution in [2.24, 2.45) is 0 Å². The number of aromatic amines is 1. The third-order valence-corrected chi connectivity index (χ3v) is 2.83. The van der Waals surface area contributed by atoms with E-state index >= 15 is 0 Å². The van der Waals surface area contributed by atoms with Crippen molar-refractivity contribution in [2.75, 3.05) is 5.32 Å². The molecule has 0 atom stereocenters. The first-order valence-electron chi connectivity index (χ1n) is 5.02. The molecule has 0 spiro atoms. The van der Waals surface area contributed by atoms with Crippen LogP contribution in [0.25, 0.3) is 0 Å². The highest BCUT2D eigenvalue weighted by molar-refractivity contribution is 9.10. The summed E-state index contributed by atoms with van der Waals surface area (Å²) in [5.74, 6) is -0.983. The molecule has 0 fully saturated rings. The normalized spacial score (nSPS) is 10.1. The third-order valence-electron chi connectivity index (χ3n) is 2.19. The molecule has 0 aliphatic rings. The van der Waals surface area contributed by atoms with E-state index < -0.39 is 11.7 Å². The number of carbonyl (C=O) groups excluding carboxylic acids is 1. The van der Waals surface area contributed by atoms with Crippen LogP contribution < -0.4 is 10.9 Å². The standard InChI is InChI=1S/C12H8BrFN2O2/c13-8-5-4-7(6-9(8)14)15-12(18)10-2-1-3-11(17)16-10/h1-6H,(H,15,18)(H,16,17). The Kier molecular flexibility index (Phi) is 3.57. The van der Waals surface area contributed by atoms with Gasteiger partial charge in [-0.3, -0.25) is 9.59 Å². The third kappa shape index (κ3) is 2.84. The lowest BCUT2D eigenvalue weighted by molar-refractivity contribution is 0.102. The molecule has 6 heteroatoms.